The molecule has 3 rings (SSSR count). The molecule has 0 radical (unpaired) electrons. The molecule has 3 fully saturated rings. The van der Waals surface area contributed by atoms with E-state index in [0.717, 1.165) is 11.8 Å². The Morgan fingerprint density at radius 1 is 1.08 bits per heavy atom. The van der Waals surface area contributed by atoms with Gasteiger partial charge < -0.3 is 5.73 Å². The Hall–Kier alpha value is -0.0800. The fourth-order valence-corrected chi connectivity index (χ4v) is 2.67. The molecule has 1 atom stereocenters. The SMILES string of the molecule is CC(N)N1CC2CCC(CC2)C1. The molecule has 1 saturated carbocycles. The molecule has 0 aromatic heterocycles. The fraction of sp³-hybridized carbons (Fsp3) is 1.00. The van der Waals surface area contributed by atoms with Crippen molar-refractivity contribution in [1.29, 1.82) is 0 Å². The molecule has 0 aromatic carbocycles. The first-order valence-electron chi connectivity index (χ1n) is 5.25. The van der Waals surface area contributed by atoms with Gasteiger partial charge in [-0.25, -0.2) is 0 Å². The molecular formula is C10H20N2. The fourth-order valence-electron chi connectivity index (χ4n) is 2.67. The first-order valence-corrected chi connectivity index (χ1v) is 5.25. The monoisotopic (exact) mass is 168 g/mol. The molecule has 1 aliphatic carbocycles. The van der Waals surface area contributed by atoms with E-state index in [4.69, 9.17) is 5.73 Å². The molecule has 2 nitrogen and oxygen atoms in total. The summed E-state index contributed by atoms with van der Waals surface area (Å²) in [5, 5.41) is 0. The lowest BCUT2D eigenvalue weighted by molar-refractivity contribution is 0.195. The van der Waals surface area contributed by atoms with Crippen LogP contribution in [0.15, 0.2) is 0 Å². The molecule has 0 aromatic rings. The van der Waals surface area contributed by atoms with E-state index >= 15 is 0 Å². The van der Waals surface area contributed by atoms with Gasteiger partial charge in [0.2, 0.25) is 0 Å². The summed E-state index contributed by atoms with van der Waals surface area (Å²) in [6.07, 6.45) is 6.08. The van der Waals surface area contributed by atoms with Gasteiger partial charge in [0.25, 0.3) is 0 Å². The zero-order valence-corrected chi connectivity index (χ0v) is 8.00. The highest BCUT2D eigenvalue weighted by atomic mass is 15.2. The van der Waals surface area contributed by atoms with Gasteiger partial charge in [-0.2, -0.15) is 0 Å². The first-order chi connectivity index (χ1) is 5.75. The first kappa shape index (κ1) is 8.52. The van der Waals surface area contributed by atoms with E-state index in [2.05, 4.69) is 11.8 Å². The second-order valence-electron chi connectivity index (χ2n) is 4.58. The van der Waals surface area contributed by atoms with Crippen LogP contribution in [0.2, 0.25) is 0 Å². The van der Waals surface area contributed by atoms with Crippen LogP contribution >= 0.6 is 0 Å². The van der Waals surface area contributed by atoms with Gasteiger partial charge in [0.05, 0.1) is 6.17 Å². The summed E-state index contributed by atoms with van der Waals surface area (Å²) < 4.78 is 0. The van der Waals surface area contributed by atoms with E-state index in [0.29, 0.717) is 0 Å². The van der Waals surface area contributed by atoms with Crippen LogP contribution in [-0.4, -0.2) is 24.2 Å². The molecule has 2 bridgehead atoms. The summed E-state index contributed by atoms with van der Waals surface area (Å²) in [4.78, 5) is 2.47. The molecule has 2 aliphatic heterocycles. The van der Waals surface area contributed by atoms with E-state index in [-0.39, 0.29) is 6.17 Å². The lowest BCUT2D eigenvalue weighted by atomic mass is 9.84. The van der Waals surface area contributed by atoms with Gasteiger partial charge in [0, 0.05) is 13.1 Å². The van der Waals surface area contributed by atoms with Crippen molar-refractivity contribution in [2.24, 2.45) is 17.6 Å². The second-order valence-corrected chi connectivity index (χ2v) is 4.58. The molecule has 2 heterocycles. The summed E-state index contributed by atoms with van der Waals surface area (Å²) in [6.45, 7) is 4.63. The summed E-state index contributed by atoms with van der Waals surface area (Å²) >= 11 is 0. The molecule has 70 valence electrons. The number of nitrogens with two attached hydrogens (primary N) is 1. The lowest BCUT2D eigenvalue weighted by Gasteiger charge is -2.25. The minimum Gasteiger partial charge on any atom is -0.316 e. The van der Waals surface area contributed by atoms with Crippen LogP contribution < -0.4 is 5.73 Å². The van der Waals surface area contributed by atoms with Crippen molar-refractivity contribution in [3.63, 3.8) is 0 Å². The molecule has 2 N–H and O–H groups in total. The van der Waals surface area contributed by atoms with Gasteiger partial charge in [-0.1, -0.05) is 0 Å². The van der Waals surface area contributed by atoms with Crippen LogP contribution in [0.5, 0.6) is 0 Å². The number of fused-ring (bicyclic) bond motifs is 4. The topological polar surface area (TPSA) is 29.3 Å². The normalized spacial score (nSPS) is 39.5. The van der Waals surface area contributed by atoms with Gasteiger partial charge in [0.1, 0.15) is 0 Å². The number of hydrogen-bond acceptors (Lipinski definition) is 2. The summed E-state index contributed by atoms with van der Waals surface area (Å²) in [5.74, 6) is 1.91. The average Bonchev–Trinajstić information content (AvgIpc) is 2.36. The molecule has 0 spiro atoms. The maximum absolute atomic E-state index is 5.91. The van der Waals surface area contributed by atoms with E-state index in [9.17, 15) is 0 Å². The minimum atomic E-state index is 0.270. The van der Waals surface area contributed by atoms with Gasteiger partial charge in [-0.15, -0.1) is 0 Å². The van der Waals surface area contributed by atoms with Crippen LogP contribution in [0.1, 0.15) is 32.6 Å². The zero-order valence-electron chi connectivity index (χ0n) is 8.00. The van der Waals surface area contributed by atoms with Crippen molar-refractivity contribution in [3.05, 3.63) is 0 Å². The van der Waals surface area contributed by atoms with Crippen LogP contribution in [0, 0.1) is 11.8 Å². The Morgan fingerprint density at radius 3 is 1.83 bits per heavy atom. The van der Waals surface area contributed by atoms with Crippen molar-refractivity contribution < 1.29 is 0 Å². The van der Waals surface area contributed by atoms with Gasteiger partial charge >= 0.3 is 0 Å². The third kappa shape index (κ3) is 1.64. The number of rotatable bonds is 1. The molecule has 1 unspecified atom stereocenters. The standard InChI is InChI=1S/C10H20N2/c1-8(11)12-6-9-2-3-10(7-12)5-4-9/h8-10H,2-7,11H2,1H3. The smallest absolute Gasteiger partial charge is 0.0542 e. The van der Waals surface area contributed by atoms with Gasteiger partial charge in [-0.3, -0.25) is 4.90 Å². The van der Waals surface area contributed by atoms with Crippen LogP contribution in [-0.2, 0) is 0 Å². The van der Waals surface area contributed by atoms with E-state index in [1.807, 2.05) is 0 Å². The Balaban J connectivity index is 2.02. The number of nitrogens with zero attached hydrogens (tertiary/aromatic N) is 1. The maximum Gasteiger partial charge on any atom is 0.0542 e. The van der Waals surface area contributed by atoms with Crippen LogP contribution in [0.25, 0.3) is 0 Å². The summed E-state index contributed by atoms with van der Waals surface area (Å²) in [7, 11) is 0. The second kappa shape index (κ2) is 3.35. The Kier molecular flexibility index (Phi) is 2.37. The lowest BCUT2D eigenvalue weighted by Crippen LogP contribution is -2.42. The van der Waals surface area contributed by atoms with Crippen molar-refractivity contribution >= 4 is 0 Å². The highest BCUT2D eigenvalue weighted by molar-refractivity contribution is 4.83. The van der Waals surface area contributed by atoms with Crippen LogP contribution in [0.4, 0.5) is 0 Å². The van der Waals surface area contributed by atoms with Crippen molar-refractivity contribution in [1.82, 2.24) is 4.90 Å². The van der Waals surface area contributed by atoms with E-state index in [1.54, 1.807) is 0 Å². The Labute approximate surface area is 75.1 Å². The van der Waals surface area contributed by atoms with E-state index in [1.165, 1.54) is 38.8 Å². The van der Waals surface area contributed by atoms with Crippen LogP contribution in [0.3, 0.4) is 0 Å². The molecular weight excluding hydrogens is 148 g/mol. The minimum absolute atomic E-state index is 0.270. The largest absolute Gasteiger partial charge is 0.316 e. The predicted molar refractivity (Wildman–Crippen MR) is 50.7 cm³/mol. The van der Waals surface area contributed by atoms with Crippen molar-refractivity contribution in [2.75, 3.05) is 13.1 Å². The average molecular weight is 168 g/mol. The molecule has 12 heavy (non-hydrogen) atoms. The maximum atomic E-state index is 5.91. The van der Waals surface area contributed by atoms with Gasteiger partial charge in [0.15, 0.2) is 0 Å². The molecule has 2 heteroatoms. The van der Waals surface area contributed by atoms with Crippen molar-refractivity contribution in [2.45, 2.75) is 38.8 Å². The third-order valence-corrected chi connectivity index (χ3v) is 3.53. The number of hydrogen-bond donors (Lipinski definition) is 1. The predicted octanol–water partition coefficient (Wildman–Crippen LogP) is 1.41. The Bertz CT molecular complexity index is 134. The van der Waals surface area contributed by atoms with Crippen molar-refractivity contribution in [3.8, 4) is 0 Å². The molecule has 3 aliphatic rings. The Morgan fingerprint density at radius 2 is 1.50 bits per heavy atom. The highest BCUT2D eigenvalue weighted by Gasteiger charge is 2.30. The quantitative estimate of drug-likeness (QED) is 0.641. The third-order valence-electron chi connectivity index (χ3n) is 3.53. The molecule has 0 amide bonds. The highest BCUT2D eigenvalue weighted by Crippen LogP contribution is 2.33. The summed E-state index contributed by atoms with van der Waals surface area (Å²) in [6, 6.07) is 0. The van der Waals surface area contributed by atoms with Gasteiger partial charge in [-0.05, 0) is 44.4 Å². The van der Waals surface area contributed by atoms with E-state index < -0.39 is 0 Å². The zero-order chi connectivity index (χ0) is 8.55. The summed E-state index contributed by atoms with van der Waals surface area (Å²) in [5.41, 5.74) is 5.91. The molecule has 2 saturated heterocycles.